The third-order valence-corrected chi connectivity index (χ3v) is 4.93. The molecule has 154 valence electrons. The van der Waals surface area contributed by atoms with Crippen LogP contribution in [0.1, 0.15) is 40.2 Å². The van der Waals surface area contributed by atoms with E-state index in [9.17, 15) is 9.59 Å². The summed E-state index contributed by atoms with van der Waals surface area (Å²) >= 11 is 2.21. The Hall–Kier alpha value is -1.83. The highest BCUT2D eigenvalue weighted by Crippen LogP contribution is 2.42. The van der Waals surface area contributed by atoms with Crippen LogP contribution < -0.4 is 0 Å². The molecule has 0 unspecified atom stereocenters. The second-order valence-electron chi connectivity index (χ2n) is 7.36. The molecule has 0 fully saturated rings. The number of esters is 2. The third-order valence-electron chi connectivity index (χ3n) is 3.88. The summed E-state index contributed by atoms with van der Waals surface area (Å²) in [5.74, 6) is -1.36. The summed E-state index contributed by atoms with van der Waals surface area (Å²) in [7, 11) is 3.61. The molecule has 0 aromatic heterocycles. The molecule has 6 heteroatoms. The number of halogens is 1. The molecule has 0 amide bonds. The monoisotopic (exact) mass is 499 g/mol. The van der Waals surface area contributed by atoms with Gasteiger partial charge in [0.25, 0.3) is 0 Å². The van der Waals surface area contributed by atoms with Gasteiger partial charge in [-0.1, -0.05) is 51.1 Å². The van der Waals surface area contributed by atoms with E-state index in [4.69, 9.17) is 9.47 Å². The molecular formula is C22H30INO4. The van der Waals surface area contributed by atoms with Crippen LogP contribution in [0.3, 0.4) is 0 Å². The van der Waals surface area contributed by atoms with Crippen molar-refractivity contribution in [2.24, 2.45) is 5.41 Å². The minimum absolute atomic E-state index is 0.0872. The van der Waals surface area contributed by atoms with Gasteiger partial charge in [0, 0.05) is 17.7 Å². The lowest BCUT2D eigenvalue weighted by molar-refractivity contribution is -0.146. The van der Waals surface area contributed by atoms with Gasteiger partial charge in [-0.2, -0.15) is 0 Å². The van der Waals surface area contributed by atoms with Crippen molar-refractivity contribution < 1.29 is 19.1 Å². The minimum atomic E-state index is -0.680. The van der Waals surface area contributed by atoms with Gasteiger partial charge in [-0.3, -0.25) is 0 Å². The molecule has 5 nitrogen and oxygen atoms in total. The Balaban J connectivity index is 3.91. The summed E-state index contributed by atoms with van der Waals surface area (Å²) in [6, 6.07) is 9.97. The largest absolute Gasteiger partial charge is 0.462 e. The summed E-state index contributed by atoms with van der Waals surface area (Å²) in [5.41, 5.74) is 2.24. The number of hydrogen-bond acceptors (Lipinski definition) is 5. The van der Waals surface area contributed by atoms with E-state index in [0.717, 1.165) is 14.7 Å². The van der Waals surface area contributed by atoms with Crippen LogP contribution >= 0.6 is 22.6 Å². The maximum Gasteiger partial charge on any atom is 0.347 e. The Morgan fingerprint density at radius 3 is 1.79 bits per heavy atom. The molecule has 0 saturated carbocycles. The molecular weight excluding hydrogens is 469 g/mol. The van der Waals surface area contributed by atoms with Crippen molar-refractivity contribution in [3.63, 3.8) is 0 Å². The Morgan fingerprint density at radius 1 is 0.964 bits per heavy atom. The summed E-state index contributed by atoms with van der Waals surface area (Å²) < 4.78 is 11.2. The van der Waals surface area contributed by atoms with Gasteiger partial charge in [-0.25, -0.2) is 9.59 Å². The lowest BCUT2D eigenvalue weighted by Crippen LogP contribution is -2.27. The lowest BCUT2D eigenvalue weighted by Gasteiger charge is -2.29. The number of carbonyl (C=O) groups is 2. The second-order valence-corrected chi connectivity index (χ2v) is 8.44. The Labute approximate surface area is 181 Å². The van der Waals surface area contributed by atoms with E-state index in [1.807, 2.05) is 30.3 Å². The number of hydrogen-bond donors (Lipinski definition) is 0. The van der Waals surface area contributed by atoms with Crippen LogP contribution in [0.4, 0.5) is 0 Å². The van der Waals surface area contributed by atoms with Gasteiger partial charge in [0.2, 0.25) is 0 Å². The molecule has 0 radical (unpaired) electrons. The van der Waals surface area contributed by atoms with Gasteiger partial charge in [-0.05, 0) is 53.0 Å². The molecule has 0 aliphatic rings. The van der Waals surface area contributed by atoms with Gasteiger partial charge >= 0.3 is 11.9 Å². The van der Waals surface area contributed by atoms with Gasteiger partial charge < -0.3 is 14.4 Å². The molecule has 0 aliphatic carbocycles. The maximum atomic E-state index is 12.7. The van der Waals surface area contributed by atoms with Crippen LogP contribution in [0, 0.1) is 5.41 Å². The topological polar surface area (TPSA) is 55.8 Å². The van der Waals surface area contributed by atoms with E-state index in [-0.39, 0.29) is 24.2 Å². The Kier molecular flexibility index (Phi) is 9.20. The average molecular weight is 499 g/mol. The normalized spacial score (nSPS) is 12.0. The van der Waals surface area contributed by atoms with Crippen LogP contribution in [0.2, 0.25) is 0 Å². The number of rotatable bonds is 7. The molecule has 0 bridgehead atoms. The summed E-state index contributed by atoms with van der Waals surface area (Å²) in [6.07, 6.45) is 0. The average Bonchev–Trinajstić information content (AvgIpc) is 2.59. The van der Waals surface area contributed by atoms with Crippen LogP contribution in [-0.2, 0) is 19.1 Å². The zero-order chi connectivity index (χ0) is 21.5. The predicted octanol–water partition coefficient (Wildman–Crippen LogP) is 4.82. The van der Waals surface area contributed by atoms with Gasteiger partial charge in [0.1, 0.15) is 0 Å². The first kappa shape index (κ1) is 24.2. The molecule has 1 rings (SSSR count). The number of allylic oxidation sites excluding steroid dienone is 2. The van der Waals surface area contributed by atoms with Gasteiger partial charge in [-0.15, -0.1) is 0 Å². The first-order chi connectivity index (χ1) is 13.1. The standard InChI is InChI=1S/C22H30INO4/c1-8-27-20(25)16(21(26)28-9-2)19(24(6)7)18(23)17(22(3,4)5)15-13-11-10-12-14-15/h10-14H,8-9H2,1-7H3/b18-17+. The molecule has 0 saturated heterocycles. The molecule has 0 atom stereocenters. The fraction of sp³-hybridized carbons (Fsp3) is 0.455. The van der Waals surface area contributed by atoms with Crippen molar-refractivity contribution in [2.75, 3.05) is 27.3 Å². The van der Waals surface area contributed by atoms with Crippen molar-refractivity contribution in [3.05, 3.63) is 50.7 Å². The molecule has 0 spiro atoms. The number of ether oxygens (including phenoxy) is 2. The molecule has 0 heterocycles. The van der Waals surface area contributed by atoms with Crippen LogP contribution in [0.15, 0.2) is 45.2 Å². The quantitative estimate of drug-likeness (QED) is 0.135. The fourth-order valence-electron chi connectivity index (χ4n) is 2.83. The van der Waals surface area contributed by atoms with Crippen LogP contribution in [0.5, 0.6) is 0 Å². The number of carbonyl (C=O) groups excluding carboxylic acids is 2. The van der Waals surface area contributed by atoms with Crippen molar-refractivity contribution in [1.29, 1.82) is 0 Å². The minimum Gasteiger partial charge on any atom is -0.462 e. The number of nitrogens with zero attached hydrogens (tertiary/aromatic N) is 1. The van der Waals surface area contributed by atoms with Crippen LogP contribution in [-0.4, -0.2) is 44.1 Å². The first-order valence-electron chi connectivity index (χ1n) is 9.28. The molecule has 1 aromatic rings. The van der Waals surface area contributed by atoms with E-state index in [1.165, 1.54) is 0 Å². The van der Waals surface area contributed by atoms with Crippen LogP contribution in [0.25, 0.3) is 5.57 Å². The molecule has 28 heavy (non-hydrogen) atoms. The van der Waals surface area contributed by atoms with Crippen molar-refractivity contribution >= 4 is 40.1 Å². The summed E-state index contributed by atoms with van der Waals surface area (Å²) in [6.45, 7) is 10.1. The molecule has 0 aliphatic heterocycles. The van der Waals surface area contributed by atoms with E-state index in [2.05, 4.69) is 43.4 Å². The second kappa shape index (κ2) is 10.6. The van der Waals surface area contributed by atoms with E-state index in [1.54, 1.807) is 32.8 Å². The van der Waals surface area contributed by atoms with Gasteiger partial charge in [0.15, 0.2) is 5.57 Å². The summed E-state index contributed by atoms with van der Waals surface area (Å²) in [5, 5.41) is 0. The zero-order valence-corrected chi connectivity index (χ0v) is 19.9. The highest BCUT2D eigenvalue weighted by molar-refractivity contribution is 14.1. The molecule has 1 aromatic carbocycles. The molecule has 0 N–H and O–H groups in total. The third kappa shape index (κ3) is 6.09. The number of benzene rings is 1. The summed E-state index contributed by atoms with van der Waals surface area (Å²) in [4.78, 5) is 27.1. The smallest absolute Gasteiger partial charge is 0.347 e. The Morgan fingerprint density at radius 2 is 1.43 bits per heavy atom. The zero-order valence-electron chi connectivity index (χ0n) is 17.8. The van der Waals surface area contributed by atoms with E-state index < -0.39 is 11.9 Å². The van der Waals surface area contributed by atoms with Crippen molar-refractivity contribution in [3.8, 4) is 0 Å². The van der Waals surface area contributed by atoms with Crippen molar-refractivity contribution in [2.45, 2.75) is 34.6 Å². The lowest BCUT2D eigenvalue weighted by atomic mass is 9.81. The first-order valence-corrected chi connectivity index (χ1v) is 10.4. The Bertz CT molecular complexity index is 738. The number of likely N-dealkylation sites (N-methyl/N-ethyl adjacent to an activating group) is 1. The highest BCUT2D eigenvalue weighted by Gasteiger charge is 2.32. The van der Waals surface area contributed by atoms with Gasteiger partial charge in [0.05, 0.1) is 18.9 Å². The van der Waals surface area contributed by atoms with E-state index in [0.29, 0.717) is 5.70 Å². The predicted molar refractivity (Wildman–Crippen MR) is 121 cm³/mol. The fourth-order valence-corrected chi connectivity index (χ4v) is 4.70. The maximum absolute atomic E-state index is 12.7. The van der Waals surface area contributed by atoms with E-state index >= 15 is 0 Å². The SMILES string of the molecule is CCOC(=O)C(C(=O)OCC)=C(/C(I)=C(/c1ccccc1)C(C)(C)C)N(C)C. The highest BCUT2D eigenvalue weighted by atomic mass is 127. The van der Waals surface area contributed by atoms with Crippen molar-refractivity contribution in [1.82, 2.24) is 4.90 Å².